The third kappa shape index (κ3) is 2.11. The van der Waals surface area contributed by atoms with E-state index in [1.165, 1.54) is 22.4 Å². The van der Waals surface area contributed by atoms with E-state index in [9.17, 15) is 0 Å². The van der Waals surface area contributed by atoms with Crippen molar-refractivity contribution in [2.45, 2.75) is 18.2 Å². The highest BCUT2D eigenvalue weighted by molar-refractivity contribution is 6.08. The van der Waals surface area contributed by atoms with Crippen LogP contribution in [0.1, 0.15) is 28.9 Å². The summed E-state index contributed by atoms with van der Waals surface area (Å²) in [5.41, 5.74) is 5.11. The quantitative estimate of drug-likeness (QED) is 0.645. The first-order valence-electron chi connectivity index (χ1n) is 8.44. The van der Waals surface area contributed by atoms with E-state index in [1.54, 1.807) is 0 Å². The van der Waals surface area contributed by atoms with Gasteiger partial charge in [0.15, 0.2) is 0 Å². The largest absolute Gasteiger partial charge is 0.263 e. The van der Waals surface area contributed by atoms with Gasteiger partial charge in [-0.15, -0.1) is 0 Å². The number of hydrogen-bond acceptors (Lipinski definition) is 2. The lowest BCUT2D eigenvalue weighted by Gasteiger charge is -2.14. The molecule has 0 saturated carbocycles. The van der Waals surface area contributed by atoms with Gasteiger partial charge in [-0.05, 0) is 16.7 Å². The summed E-state index contributed by atoms with van der Waals surface area (Å²) in [4.78, 5) is 7.60. The van der Waals surface area contributed by atoms with Crippen LogP contribution in [0.4, 0.5) is 0 Å². The summed E-state index contributed by atoms with van der Waals surface area (Å²) in [5, 5.41) is 0. The van der Waals surface area contributed by atoms with Crippen molar-refractivity contribution in [2.24, 2.45) is 4.99 Å². The molecule has 116 valence electrons. The van der Waals surface area contributed by atoms with Gasteiger partial charge in [0.1, 0.15) is 6.17 Å². The Morgan fingerprint density at radius 3 is 1.75 bits per heavy atom. The molecule has 0 bridgehead atoms. The van der Waals surface area contributed by atoms with Crippen molar-refractivity contribution in [2.75, 3.05) is 0 Å². The Hall–Kier alpha value is -2.71. The van der Waals surface area contributed by atoms with Crippen LogP contribution in [0.3, 0.4) is 0 Å². The number of benzene rings is 3. The van der Waals surface area contributed by atoms with Crippen molar-refractivity contribution in [1.82, 2.24) is 4.90 Å². The van der Waals surface area contributed by atoms with Crippen molar-refractivity contribution in [3.8, 4) is 0 Å². The molecule has 5 rings (SSSR count). The van der Waals surface area contributed by atoms with Gasteiger partial charge in [-0.1, -0.05) is 91.0 Å². The molecule has 24 heavy (non-hydrogen) atoms. The first-order chi connectivity index (χ1) is 11.9. The van der Waals surface area contributed by atoms with Crippen LogP contribution < -0.4 is 0 Å². The second-order valence-electron chi connectivity index (χ2n) is 6.41. The maximum Gasteiger partial charge on any atom is 0.129 e. The highest BCUT2D eigenvalue weighted by Crippen LogP contribution is 2.55. The average molecular weight is 310 g/mol. The number of hydrogen-bond donors (Lipinski definition) is 0. The van der Waals surface area contributed by atoms with Crippen molar-refractivity contribution < 1.29 is 0 Å². The lowest BCUT2D eigenvalue weighted by Crippen LogP contribution is -2.08. The zero-order chi connectivity index (χ0) is 15.9. The Kier molecular flexibility index (Phi) is 3.10. The smallest absolute Gasteiger partial charge is 0.129 e. The molecule has 1 fully saturated rings. The molecule has 0 spiro atoms. The Balaban J connectivity index is 1.58. The molecule has 3 aromatic carbocycles. The molecule has 1 unspecified atom stereocenters. The van der Waals surface area contributed by atoms with E-state index in [-0.39, 0.29) is 6.17 Å². The highest BCUT2D eigenvalue weighted by Gasteiger charge is 2.59. The van der Waals surface area contributed by atoms with Crippen LogP contribution in [0.2, 0.25) is 0 Å². The first kappa shape index (κ1) is 13.7. The highest BCUT2D eigenvalue weighted by atomic mass is 15.5. The van der Waals surface area contributed by atoms with E-state index in [0.717, 1.165) is 0 Å². The average Bonchev–Trinajstić information content (AvgIpc) is 3.28. The second-order valence-corrected chi connectivity index (χ2v) is 6.41. The lowest BCUT2D eigenvalue weighted by molar-refractivity contribution is 0.404. The Bertz CT molecular complexity index is 872. The van der Waals surface area contributed by atoms with Crippen molar-refractivity contribution >= 4 is 5.71 Å². The first-order valence-corrected chi connectivity index (χ1v) is 8.44. The van der Waals surface area contributed by atoms with Crippen LogP contribution in [0.15, 0.2) is 96.0 Å². The number of aliphatic imine (C=N–C) groups is 1. The van der Waals surface area contributed by atoms with E-state index < -0.39 is 0 Å². The molecule has 2 nitrogen and oxygen atoms in total. The molecular weight excluding hydrogens is 292 g/mol. The molecule has 0 N–H and O–H groups in total. The van der Waals surface area contributed by atoms with E-state index in [2.05, 4.69) is 95.9 Å². The van der Waals surface area contributed by atoms with Gasteiger partial charge in [0.25, 0.3) is 0 Å². The van der Waals surface area contributed by atoms with Crippen LogP contribution in [-0.4, -0.2) is 16.7 Å². The summed E-state index contributed by atoms with van der Waals surface area (Å²) in [5.74, 6) is 0. The minimum absolute atomic E-state index is 0.122. The monoisotopic (exact) mass is 310 g/mol. The van der Waals surface area contributed by atoms with Crippen molar-refractivity contribution in [3.63, 3.8) is 0 Å². The molecule has 1 saturated heterocycles. The van der Waals surface area contributed by atoms with E-state index in [1.807, 2.05) is 0 Å². The lowest BCUT2D eigenvalue weighted by atomic mass is 10.0. The van der Waals surface area contributed by atoms with Gasteiger partial charge >= 0.3 is 0 Å². The van der Waals surface area contributed by atoms with Crippen LogP contribution in [0.25, 0.3) is 0 Å². The summed E-state index contributed by atoms with van der Waals surface area (Å²) in [6, 6.07) is 32.8. The van der Waals surface area contributed by atoms with Crippen LogP contribution >= 0.6 is 0 Å². The molecule has 2 heterocycles. The molecule has 0 radical (unpaired) electrons. The van der Waals surface area contributed by atoms with Gasteiger partial charge in [0.2, 0.25) is 0 Å². The van der Waals surface area contributed by atoms with Gasteiger partial charge in [-0.3, -0.25) is 9.89 Å². The molecule has 0 amide bonds. The molecule has 0 aromatic heterocycles. The predicted molar refractivity (Wildman–Crippen MR) is 97.0 cm³/mol. The minimum Gasteiger partial charge on any atom is -0.263 e. The van der Waals surface area contributed by atoms with Crippen LogP contribution in [0.5, 0.6) is 0 Å². The Morgan fingerprint density at radius 2 is 1.12 bits per heavy atom. The van der Waals surface area contributed by atoms with Gasteiger partial charge in [-0.25, -0.2) is 0 Å². The zero-order valence-electron chi connectivity index (χ0n) is 13.3. The molecule has 4 atom stereocenters. The fourth-order valence-electron chi connectivity index (χ4n) is 3.85. The minimum atomic E-state index is 0.122. The summed E-state index contributed by atoms with van der Waals surface area (Å²) in [7, 11) is 0. The Labute approximate surface area is 142 Å². The molecule has 0 aliphatic carbocycles. The maximum absolute atomic E-state index is 5.08. The standard InChI is InChI=1S/C22H18N2/c1-4-10-16(11-5-1)19-21-20(17-12-6-2-7-13-17)24(21)22(23-19)18-14-8-3-9-15-18/h1-15,20-22H/t20-,21-,22-,24?/m1/s1. The summed E-state index contributed by atoms with van der Waals surface area (Å²) < 4.78 is 0. The van der Waals surface area contributed by atoms with E-state index in [4.69, 9.17) is 4.99 Å². The third-order valence-corrected chi connectivity index (χ3v) is 4.98. The van der Waals surface area contributed by atoms with E-state index in [0.29, 0.717) is 12.1 Å². The van der Waals surface area contributed by atoms with Gasteiger partial charge in [0.05, 0.1) is 17.8 Å². The summed E-state index contributed by atoms with van der Waals surface area (Å²) >= 11 is 0. The van der Waals surface area contributed by atoms with Crippen LogP contribution in [-0.2, 0) is 0 Å². The van der Waals surface area contributed by atoms with Crippen LogP contribution in [0, 0.1) is 0 Å². The summed E-state index contributed by atoms with van der Waals surface area (Å²) in [6.07, 6.45) is 0.122. The SMILES string of the molecule is c1ccc(C2=N[C@@H](c3ccccc3)N3[C@H]2[C@H]3c2ccccc2)cc1. The molecule has 3 aromatic rings. The molecule has 2 heteroatoms. The van der Waals surface area contributed by atoms with Crippen molar-refractivity contribution in [1.29, 1.82) is 0 Å². The summed E-state index contributed by atoms with van der Waals surface area (Å²) in [6.45, 7) is 0. The number of rotatable bonds is 3. The number of fused-ring (bicyclic) bond motifs is 1. The maximum atomic E-state index is 5.08. The van der Waals surface area contributed by atoms with Gasteiger partial charge in [0, 0.05) is 0 Å². The normalized spacial score (nSPS) is 27.4. The fourth-order valence-corrected chi connectivity index (χ4v) is 3.85. The topological polar surface area (TPSA) is 15.4 Å². The molecular formula is C22H18N2. The molecule has 2 aliphatic rings. The van der Waals surface area contributed by atoms with E-state index >= 15 is 0 Å². The second kappa shape index (κ2) is 5.43. The third-order valence-electron chi connectivity index (χ3n) is 4.98. The fraction of sp³-hybridized carbons (Fsp3) is 0.136. The van der Waals surface area contributed by atoms with Crippen molar-refractivity contribution in [3.05, 3.63) is 108 Å². The molecule has 2 aliphatic heterocycles. The zero-order valence-corrected chi connectivity index (χ0v) is 13.3. The van der Waals surface area contributed by atoms with Gasteiger partial charge < -0.3 is 0 Å². The Morgan fingerprint density at radius 1 is 0.583 bits per heavy atom. The predicted octanol–water partition coefficient (Wildman–Crippen LogP) is 4.61. The van der Waals surface area contributed by atoms with Gasteiger partial charge in [-0.2, -0.15) is 0 Å². The number of nitrogens with zero attached hydrogens (tertiary/aromatic N) is 2.